The van der Waals surface area contributed by atoms with Gasteiger partial charge in [-0.15, -0.1) is 0 Å². The Labute approximate surface area is 121 Å². The van der Waals surface area contributed by atoms with Crippen LogP contribution >= 0.6 is 11.6 Å². The number of nitro benzene ring substituents is 1. The standard InChI is InChI=1S/C13H17ClN2O4/c1-8(2)5-12(13(17)18)15-7-9-6-10(16(19)20)3-4-11(9)14/h3-4,6,8,12,15H,5,7H2,1-2H3,(H,17,18). The number of hydrogen-bond acceptors (Lipinski definition) is 4. The van der Waals surface area contributed by atoms with E-state index in [2.05, 4.69) is 5.32 Å². The summed E-state index contributed by atoms with van der Waals surface area (Å²) in [5, 5.41) is 23.1. The fourth-order valence-corrected chi connectivity index (χ4v) is 1.97. The van der Waals surface area contributed by atoms with Gasteiger partial charge in [-0.3, -0.25) is 14.9 Å². The number of carboxylic acids is 1. The SMILES string of the molecule is CC(C)CC(NCc1cc([N+](=O)[O-])ccc1Cl)C(=O)O. The molecule has 0 bridgehead atoms. The van der Waals surface area contributed by atoms with Gasteiger partial charge in [-0.25, -0.2) is 0 Å². The van der Waals surface area contributed by atoms with Gasteiger partial charge >= 0.3 is 5.97 Å². The molecule has 2 N–H and O–H groups in total. The number of carboxylic acid groups (broad SMARTS) is 1. The Bertz CT molecular complexity index is 505. The lowest BCUT2D eigenvalue weighted by Gasteiger charge is -2.16. The van der Waals surface area contributed by atoms with E-state index in [4.69, 9.17) is 16.7 Å². The second kappa shape index (κ2) is 7.21. The lowest BCUT2D eigenvalue weighted by Crippen LogP contribution is -2.37. The molecule has 0 amide bonds. The summed E-state index contributed by atoms with van der Waals surface area (Å²) in [6.07, 6.45) is 0.474. The molecule has 0 aliphatic heterocycles. The number of halogens is 1. The first-order valence-electron chi connectivity index (χ1n) is 6.20. The zero-order valence-corrected chi connectivity index (χ0v) is 12.1. The van der Waals surface area contributed by atoms with Crippen LogP contribution < -0.4 is 5.32 Å². The molecule has 0 aliphatic carbocycles. The molecule has 1 aromatic rings. The average Bonchev–Trinajstić information content (AvgIpc) is 2.35. The Morgan fingerprint density at radius 1 is 1.50 bits per heavy atom. The summed E-state index contributed by atoms with van der Waals surface area (Å²) in [5.74, 6) is -0.718. The molecule has 0 aromatic heterocycles. The molecule has 0 saturated carbocycles. The van der Waals surface area contributed by atoms with Crippen molar-refractivity contribution in [2.24, 2.45) is 5.92 Å². The minimum Gasteiger partial charge on any atom is -0.480 e. The highest BCUT2D eigenvalue weighted by molar-refractivity contribution is 6.31. The van der Waals surface area contributed by atoms with Crippen LogP contribution in [0.2, 0.25) is 5.02 Å². The highest BCUT2D eigenvalue weighted by atomic mass is 35.5. The van der Waals surface area contributed by atoms with Gasteiger partial charge in [0.15, 0.2) is 0 Å². The first-order chi connectivity index (χ1) is 9.31. The van der Waals surface area contributed by atoms with E-state index in [1.807, 2.05) is 13.8 Å². The van der Waals surface area contributed by atoms with Crippen LogP contribution in [0.4, 0.5) is 5.69 Å². The van der Waals surface area contributed by atoms with Crippen LogP contribution in [0, 0.1) is 16.0 Å². The van der Waals surface area contributed by atoms with Crippen molar-refractivity contribution in [1.82, 2.24) is 5.32 Å². The molecule has 0 fully saturated rings. The third kappa shape index (κ3) is 4.79. The Morgan fingerprint density at radius 2 is 2.15 bits per heavy atom. The topological polar surface area (TPSA) is 92.5 Å². The molecule has 110 valence electrons. The second-order valence-corrected chi connectivity index (χ2v) is 5.34. The van der Waals surface area contributed by atoms with Crippen LogP contribution in [0.25, 0.3) is 0 Å². The summed E-state index contributed by atoms with van der Waals surface area (Å²) in [6, 6.07) is 3.40. The summed E-state index contributed by atoms with van der Waals surface area (Å²) < 4.78 is 0. The maximum Gasteiger partial charge on any atom is 0.320 e. The van der Waals surface area contributed by atoms with Gasteiger partial charge in [0, 0.05) is 23.7 Å². The van der Waals surface area contributed by atoms with Gasteiger partial charge in [-0.05, 0) is 24.0 Å². The van der Waals surface area contributed by atoms with Gasteiger partial charge in [0.25, 0.3) is 5.69 Å². The third-order valence-corrected chi connectivity index (χ3v) is 3.15. The van der Waals surface area contributed by atoms with Crippen LogP contribution in [-0.4, -0.2) is 22.0 Å². The molecule has 1 rings (SSSR count). The van der Waals surface area contributed by atoms with Crippen molar-refractivity contribution >= 4 is 23.3 Å². The molecule has 0 radical (unpaired) electrons. The zero-order chi connectivity index (χ0) is 15.3. The normalized spacial score (nSPS) is 12.4. The molecular weight excluding hydrogens is 284 g/mol. The van der Waals surface area contributed by atoms with E-state index >= 15 is 0 Å². The lowest BCUT2D eigenvalue weighted by molar-refractivity contribution is -0.384. The fraction of sp³-hybridized carbons (Fsp3) is 0.462. The van der Waals surface area contributed by atoms with Crippen molar-refractivity contribution < 1.29 is 14.8 Å². The summed E-state index contributed by atoms with van der Waals surface area (Å²) in [4.78, 5) is 21.3. The monoisotopic (exact) mass is 300 g/mol. The number of nitrogens with one attached hydrogen (secondary N) is 1. The van der Waals surface area contributed by atoms with Crippen molar-refractivity contribution in [3.63, 3.8) is 0 Å². The Morgan fingerprint density at radius 3 is 2.65 bits per heavy atom. The highest BCUT2D eigenvalue weighted by Gasteiger charge is 2.19. The van der Waals surface area contributed by atoms with Crippen LogP contribution in [-0.2, 0) is 11.3 Å². The van der Waals surface area contributed by atoms with Gasteiger partial charge in [-0.1, -0.05) is 25.4 Å². The molecule has 1 aromatic carbocycles. The smallest absolute Gasteiger partial charge is 0.320 e. The summed E-state index contributed by atoms with van der Waals surface area (Å²) in [6.45, 7) is 4.03. The first kappa shape index (κ1) is 16.4. The van der Waals surface area contributed by atoms with E-state index in [-0.39, 0.29) is 18.2 Å². The molecule has 0 spiro atoms. The van der Waals surface area contributed by atoms with Gasteiger partial charge in [0.2, 0.25) is 0 Å². The minimum atomic E-state index is -0.944. The number of benzene rings is 1. The van der Waals surface area contributed by atoms with Crippen LogP contribution in [0.15, 0.2) is 18.2 Å². The van der Waals surface area contributed by atoms with E-state index in [1.165, 1.54) is 18.2 Å². The summed E-state index contributed by atoms with van der Waals surface area (Å²) in [7, 11) is 0. The number of carbonyl (C=O) groups is 1. The summed E-state index contributed by atoms with van der Waals surface area (Å²) in [5.41, 5.74) is 0.442. The van der Waals surface area contributed by atoms with Crippen molar-refractivity contribution in [2.75, 3.05) is 0 Å². The Balaban J connectivity index is 2.79. The maximum absolute atomic E-state index is 11.1. The van der Waals surface area contributed by atoms with E-state index in [0.717, 1.165) is 0 Å². The molecular formula is C13H17ClN2O4. The van der Waals surface area contributed by atoms with Crippen molar-refractivity contribution in [2.45, 2.75) is 32.9 Å². The molecule has 20 heavy (non-hydrogen) atoms. The number of nitrogens with zero attached hydrogens (tertiary/aromatic N) is 1. The zero-order valence-electron chi connectivity index (χ0n) is 11.3. The number of hydrogen-bond donors (Lipinski definition) is 2. The van der Waals surface area contributed by atoms with Gasteiger partial charge in [-0.2, -0.15) is 0 Å². The number of non-ortho nitro benzene ring substituents is 1. The molecule has 1 atom stereocenters. The molecule has 0 heterocycles. The van der Waals surface area contributed by atoms with Crippen molar-refractivity contribution in [3.8, 4) is 0 Å². The maximum atomic E-state index is 11.1. The molecule has 0 aliphatic rings. The lowest BCUT2D eigenvalue weighted by atomic mass is 10.0. The Hall–Kier alpha value is -1.66. The third-order valence-electron chi connectivity index (χ3n) is 2.78. The highest BCUT2D eigenvalue weighted by Crippen LogP contribution is 2.22. The second-order valence-electron chi connectivity index (χ2n) is 4.93. The Kier molecular flexibility index (Phi) is 5.91. The first-order valence-corrected chi connectivity index (χ1v) is 6.58. The predicted molar refractivity (Wildman–Crippen MR) is 75.8 cm³/mol. The molecule has 6 nitrogen and oxygen atoms in total. The minimum absolute atomic E-state index is 0.0677. The average molecular weight is 301 g/mol. The number of nitro groups is 1. The van der Waals surface area contributed by atoms with Crippen LogP contribution in [0.1, 0.15) is 25.8 Å². The summed E-state index contributed by atoms with van der Waals surface area (Å²) >= 11 is 5.96. The molecule has 1 unspecified atom stereocenters. The van der Waals surface area contributed by atoms with Crippen LogP contribution in [0.5, 0.6) is 0 Å². The van der Waals surface area contributed by atoms with Gasteiger partial charge in [0.05, 0.1) is 4.92 Å². The van der Waals surface area contributed by atoms with E-state index in [1.54, 1.807) is 0 Å². The molecule has 0 saturated heterocycles. The van der Waals surface area contributed by atoms with E-state index in [0.29, 0.717) is 17.0 Å². The van der Waals surface area contributed by atoms with Crippen molar-refractivity contribution in [1.29, 1.82) is 0 Å². The van der Waals surface area contributed by atoms with E-state index in [9.17, 15) is 14.9 Å². The quantitative estimate of drug-likeness (QED) is 0.596. The number of rotatable bonds is 7. The van der Waals surface area contributed by atoms with Gasteiger partial charge in [0.1, 0.15) is 6.04 Å². The largest absolute Gasteiger partial charge is 0.480 e. The fourth-order valence-electron chi connectivity index (χ4n) is 1.79. The van der Waals surface area contributed by atoms with Gasteiger partial charge < -0.3 is 10.4 Å². The molecule has 7 heteroatoms. The van der Waals surface area contributed by atoms with Crippen LogP contribution in [0.3, 0.4) is 0 Å². The van der Waals surface area contributed by atoms with E-state index < -0.39 is 16.9 Å². The number of aliphatic carboxylic acids is 1. The van der Waals surface area contributed by atoms with Crippen molar-refractivity contribution in [3.05, 3.63) is 38.9 Å². The predicted octanol–water partition coefficient (Wildman–Crippen LogP) is 2.84.